The SMILES string of the molecule is CC(Nc1ccc(C(=O)N(C)C)cn1)c1ccc(N)cc1. The number of carbonyl (C=O) groups is 1. The Morgan fingerprint density at radius 3 is 2.38 bits per heavy atom. The summed E-state index contributed by atoms with van der Waals surface area (Å²) in [6.45, 7) is 2.05. The average Bonchev–Trinajstić information content (AvgIpc) is 2.47. The number of nitrogens with zero attached hydrogens (tertiary/aromatic N) is 2. The summed E-state index contributed by atoms with van der Waals surface area (Å²) in [4.78, 5) is 17.6. The van der Waals surface area contributed by atoms with E-state index >= 15 is 0 Å². The Labute approximate surface area is 124 Å². The van der Waals surface area contributed by atoms with Crippen molar-refractivity contribution >= 4 is 17.4 Å². The van der Waals surface area contributed by atoms with E-state index in [1.54, 1.807) is 26.4 Å². The Bertz CT molecular complexity index is 605. The first kappa shape index (κ1) is 14.8. The number of nitrogens with one attached hydrogen (secondary N) is 1. The Balaban J connectivity index is 2.06. The zero-order valence-corrected chi connectivity index (χ0v) is 12.5. The molecule has 0 aliphatic heterocycles. The fraction of sp³-hybridized carbons (Fsp3) is 0.250. The van der Waals surface area contributed by atoms with E-state index in [9.17, 15) is 4.79 Å². The van der Waals surface area contributed by atoms with E-state index in [1.165, 1.54) is 4.90 Å². The molecule has 0 fully saturated rings. The molecule has 110 valence electrons. The number of hydrogen-bond donors (Lipinski definition) is 2. The fourth-order valence-electron chi connectivity index (χ4n) is 1.95. The lowest BCUT2D eigenvalue weighted by Crippen LogP contribution is -2.21. The van der Waals surface area contributed by atoms with Gasteiger partial charge in [0, 0.05) is 32.0 Å². The first-order valence-electron chi connectivity index (χ1n) is 6.77. The van der Waals surface area contributed by atoms with Crippen LogP contribution in [0.25, 0.3) is 0 Å². The van der Waals surface area contributed by atoms with Crippen molar-refractivity contribution in [3.05, 3.63) is 53.7 Å². The number of nitrogens with two attached hydrogens (primary N) is 1. The number of rotatable bonds is 4. The van der Waals surface area contributed by atoms with Crippen molar-refractivity contribution in [1.82, 2.24) is 9.88 Å². The normalized spacial score (nSPS) is 11.8. The first-order valence-corrected chi connectivity index (χ1v) is 6.77. The van der Waals surface area contributed by atoms with Crippen LogP contribution in [0.1, 0.15) is 28.9 Å². The van der Waals surface area contributed by atoms with Crippen LogP contribution >= 0.6 is 0 Å². The molecule has 1 aromatic carbocycles. The van der Waals surface area contributed by atoms with E-state index in [0.29, 0.717) is 5.56 Å². The van der Waals surface area contributed by atoms with Gasteiger partial charge >= 0.3 is 0 Å². The molecule has 0 saturated heterocycles. The number of anilines is 2. The highest BCUT2D eigenvalue weighted by molar-refractivity contribution is 5.93. The summed E-state index contributed by atoms with van der Waals surface area (Å²) in [5.41, 5.74) is 8.13. The van der Waals surface area contributed by atoms with Crippen LogP contribution in [-0.4, -0.2) is 29.9 Å². The maximum absolute atomic E-state index is 11.8. The number of hydrogen-bond acceptors (Lipinski definition) is 4. The molecule has 0 radical (unpaired) electrons. The number of aromatic nitrogens is 1. The van der Waals surface area contributed by atoms with Crippen LogP contribution in [0.2, 0.25) is 0 Å². The molecule has 0 saturated carbocycles. The lowest BCUT2D eigenvalue weighted by atomic mass is 10.1. The van der Waals surface area contributed by atoms with E-state index in [1.807, 2.05) is 37.3 Å². The summed E-state index contributed by atoms with van der Waals surface area (Å²) in [5.74, 6) is 0.676. The number of amides is 1. The molecular weight excluding hydrogens is 264 g/mol. The van der Waals surface area contributed by atoms with Crippen LogP contribution < -0.4 is 11.1 Å². The zero-order valence-electron chi connectivity index (χ0n) is 12.5. The average molecular weight is 284 g/mol. The van der Waals surface area contributed by atoms with E-state index in [2.05, 4.69) is 10.3 Å². The van der Waals surface area contributed by atoms with Gasteiger partial charge in [-0.1, -0.05) is 12.1 Å². The van der Waals surface area contributed by atoms with Crippen LogP contribution in [0.3, 0.4) is 0 Å². The predicted molar refractivity (Wildman–Crippen MR) is 85.1 cm³/mol. The second-order valence-corrected chi connectivity index (χ2v) is 5.16. The van der Waals surface area contributed by atoms with Crippen molar-refractivity contribution < 1.29 is 4.79 Å². The first-order chi connectivity index (χ1) is 9.97. The van der Waals surface area contributed by atoms with Gasteiger partial charge < -0.3 is 16.0 Å². The monoisotopic (exact) mass is 284 g/mol. The largest absolute Gasteiger partial charge is 0.399 e. The molecule has 1 aromatic heterocycles. The molecule has 1 amide bonds. The molecule has 1 unspecified atom stereocenters. The Morgan fingerprint density at radius 1 is 1.19 bits per heavy atom. The summed E-state index contributed by atoms with van der Waals surface area (Å²) in [6, 6.07) is 11.4. The zero-order chi connectivity index (χ0) is 15.4. The maximum atomic E-state index is 11.8. The molecule has 0 aliphatic carbocycles. The van der Waals surface area contributed by atoms with Gasteiger partial charge in [-0.3, -0.25) is 4.79 Å². The van der Waals surface area contributed by atoms with E-state index in [0.717, 1.165) is 17.1 Å². The van der Waals surface area contributed by atoms with E-state index < -0.39 is 0 Å². The van der Waals surface area contributed by atoms with E-state index in [4.69, 9.17) is 5.73 Å². The van der Waals surface area contributed by atoms with Crippen LogP contribution in [0, 0.1) is 0 Å². The third-order valence-electron chi connectivity index (χ3n) is 3.22. The van der Waals surface area contributed by atoms with Gasteiger partial charge in [0.2, 0.25) is 0 Å². The summed E-state index contributed by atoms with van der Waals surface area (Å²) in [7, 11) is 3.44. The van der Waals surface area contributed by atoms with Gasteiger partial charge in [-0.05, 0) is 36.8 Å². The molecule has 3 N–H and O–H groups in total. The second kappa shape index (κ2) is 6.26. The minimum atomic E-state index is -0.0550. The number of carbonyl (C=O) groups excluding carboxylic acids is 1. The van der Waals surface area contributed by atoms with Gasteiger partial charge in [-0.15, -0.1) is 0 Å². The molecule has 5 heteroatoms. The van der Waals surface area contributed by atoms with Crippen molar-refractivity contribution in [2.24, 2.45) is 0 Å². The topological polar surface area (TPSA) is 71.2 Å². The second-order valence-electron chi connectivity index (χ2n) is 5.16. The highest BCUT2D eigenvalue weighted by atomic mass is 16.2. The summed E-state index contributed by atoms with van der Waals surface area (Å²) in [6.07, 6.45) is 1.58. The Hall–Kier alpha value is -2.56. The number of pyridine rings is 1. The van der Waals surface area contributed by atoms with Crippen molar-refractivity contribution in [1.29, 1.82) is 0 Å². The minimum absolute atomic E-state index is 0.0550. The van der Waals surface area contributed by atoms with E-state index in [-0.39, 0.29) is 11.9 Å². The highest BCUT2D eigenvalue weighted by Gasteiger charge is 2.09. The van der Waals surface area contributed by atoms with Crippen LogP contribution in [0.4, 0.5) is 11.5 Å². The van der Waals surface area contributed by atoms with Crippen LogP contribution in [-0.2, 0) is 0 Å². The predicted octanol–water partition coefficient (Wildman–Crippen LogP) is 2.54. The van der Waals surface area contributed by atoms with Gasteiger partial charge in [-0.25, -0.2) is 4.98 Å². The molecule has 1 atom stereocenters. The molecule has 0 bridgehead atoms. The molecular formula is C16H20N4O. The van der Waals surface area contributed by atoms with Crippen molar-refractivity contribution in [2.45, 2.75) is 13.0 Å². The summed E-state index contributed by atoms with van der Waals surface area (Å²) >= 11 is 0. The van der Waals surface area contributed by atoms with Crippen molar-refractivity contribution in [3.63, 3.8) is 0 Å². The molecule has 21 heavy (non-hydrogen) atoms. The van der Waals surface area contributed by atoms with Crippen molar-refractivity contribution in [2.75, 3.05) is 25.1 Å². The third kappa shape index (κ3) is 3.72. The van der Waals surface area contributed by atoms with Crippen molar-refractivity contribution in [3.8, 4) is 0 Å². The van der Waals surface area contributed by atoms with Gasteiger partial charge in [0.05, 0.1) is 5.56 Å². The molecule has 0 aliphatic rings. The van der Waals surface area contributed by atoms with Crippen LogP contribution in [0.5, 0.6) is 0 Å². The third-order valence-corrected chi connectivity index (χ3v) is 3.22. The molecule has 5 nitrogen and oxygen atoms in total. The van der Waals surface area contributed by atoms with Gasteiger partial charge in [0.15, 0.2) is 0 Å². The summed E-state index contributed by atoms with van der Waals surface area (Å²) in [5, 5.41) is 3.30. The molecule has 2 rings (SSSR count). The Kier molecular flexibility index (Phi) is 4.42. The lowest BCUT2D eigenvalue weighted by molar-refractivity contribution is 0.0827. The number of nitrogen functional groups attached to an aromatic ring is 1. The molecule has 0 spiro atoms. The van der Waals surface area contributed by atoms with Crippen LogP contribution in [0.15, 0.2) is 42.6 Å². The molecule has 1 heterocycles. The number of benzene rings is 1. The van der Waals surface area contributed by atoms with Gasteiger partial charge in [-0.2, -0.15) is 0 Å². The lowest BCUT2D eigenvalue weighted by Gasteiger charge is -2.16. The fourth-order valence-corrected chi connectivity index (χ4v) is 1.95. The summed E-state index contributed by atoms with van der Waals surface area (Å²) < 4.78 is 0. The quantitative estimate of drug-likeness (QED) is 0.846. The van der Waals surface area contributed by atoms with Gasteiger partial charge in [0.1, 0.15) is 5.82 Å². The highest BCUT2D eigenvalue weighted by Crippen LogP contribution is 2.19. The van der Waals surface area contributed by atoms with Gasteiger partial charge in [0.25, 0.3) is 5.91 Å². The standard InChI is InChI=1S/C16H20N4O/c1-11(12-4-7-14(17)8-5-12)19-15-9-6-13(10-18-15)16(21)20(2)3/h4-11H,17H2,1-3H3,(H,18,19). The maximum Gasteiger partial charge on any atom is 0.254 e. The Morgan fingerprint density at radius 2 is 1.86 bits per heavy atom. The molecule has 2 aromatic rings. The smallest absolute Gasteiger partial charge is 0.254 e. The minimum Gasteiger partial charge on any atom is -0.399 e.